The Morgan fingerprint density at radius 3 is 2.12 bits per heavy atom. The van der Waals surface area contributed by atoms with Crippen molar-refractivity contribution in [2.45, 2.75) is 140 Å². The van der Waals surface area contributed by atoms with Gasteiger partial charge in [0.2, 0.25) is 20.0 Å². The van der Waals surface area contributed by atoms with E-state index in [-0.39, 0.29) is 42.6 Å². The van der Waals surface area contributed by atoms with Gasteiger partial charge in [-0.05, 0) is 115 Å². The second-order valence-corrected chi connectivity index (χ2v) is 22.5. The number of aryl methyl sites for hydroxylation is 1. The first-order valence-electron chi connectivity index (χ1n) is 21.8. The van der Waals surface area contributed by atoms with Crippen molar-refractivity contribution in [1.82, 2.24) is 28.6 Å². The van der Waals surface area contributed by atoms with E-state index in [1.54, 1.807) is 32.6 Å². The summed E-state index contributed by atoms with van der Waals surface area (Å²) in [6.07, 6.45) is 8.03. The maximum Gasteiger partial charge on any atom is 0.410 e. The molecule has 1 saturated carbocycles. The summed E-state index contributed by atoms with van der Waals surface area (Å²) < 4.78 is 68.6. The summed E-state index contributed by atoms with van der Waals surface area (Å²) >= 11 is 0. The number of amides is 1. The Balaban J connectivity index is 1.13. The number of aromatic nitrogens is 2. The fourth-order valence-electron chi connectivity index (χ4n) is 9.30. The molecule has 326 valence electrons. The van der Waals surface area contributed by atoms with E-state index in [1.807, 2.05) is 76.6 Å². The fraction of sp³-hybridized carbons (Fsp3) is 0.644. The zero-order valence-corrected chi connectivity index (χ0v) is 38.1. The van der Waals surface area contributed by atoms with Gasteiger partial charge in [0.15, 0.2) is 0 Å². The highest BCUT2D eigenvalue weighted by Gasteiger charge is 2.44. The van der Waals surface area contributed by atoms with Crippen molar-refractivity contribution < 1.29 is 26.4 Å². The predicted molar refractivity (Wildman–Crippen MR) is 232 cm³/mol. The van der Waals surface area contributed by atoms with Crippen LogP contribution in [0.25, 0.3) is 0 Å². The fourth-order valence-corrected chi connectivity index (χ4v) is 12.8. The lowest BCUT2D eigenvalue weighted by molar-refractivity contribution is 0.0184. The highest BCUT2D eigenvalue weighted by molar-refractivity contribution is 7.89. The minimum atomic E-state index is -3.90. The summed E-state index contributed by atoms with van der Waals surface area (Å²) in [6, 6.07) is 17.4. The van der Waals surface area contributed by atoms with Crippen LogP contribution in [0, 0.1) is 25.7 Å². The van der Waals surface area contributed by atoms with Gasteiger partial charge in [0.05, 0.1) is 22.3 Å². The molecule has 0 bridgehead atoms. The maximum atomic E-state index is 14.6. The van der Waals surface area contributed by atoms with Crippen molar-refractivity contribution in [3.63, 3.8) is 0 Å². The first-order chi connectivity index (χ1) is 27.9. The molecule has 6 rings (SSSR count). The lowest BCUT2D eigenvalue weighted by Crippen LogP contribution is -2.52. The molecule has 14 heteroatoms. The average molecular weight is 853 g/mol. The molecular formula is C45H68N6O6S2. The van der Waals surface area contributed by atoms with E-state index in [4.69, 9.17) is 9.84 Å². The molecular weight excluding hydrogens is 785 g/mol. The molecule has 3 heterocycles. The van der Waals surface area contributed by atoms with Gasteiger partial charge in [-0.15, -0.1) is 0 Å². The topological polar surface area (TPSA) is 134 Å². The minimum absolute atomic E-state index is 0.0733. The lowest BCUT2D eigenvalue weighted by Gasteiger charge is -2.44. The Bertz CT molecular complexity index is 2080. The third-order valence-corrected chi connectivity index (χ3v) is 16.5. The van der Waals surface area contributed by atoms with Gasteiger partial charge in [0.25, 0.3) is 0 Å². The van der Waals surface area contributed by atoms with Crippen molar-refractivity contribution in [3.05, 3.63) is 77.1 Å². The summed E-state index contributed by atoms with van der Waals surface area (Å²) in [4.78, 5) is 14.8. The van der Waals surface area contributed by atoms with Crippen LogP contribution in [0.2, 0.25) is 0 Å². The Morgan fingerprint density at radius 1 is 0.898 bits per heavy atom. The van der Waals surface area contributed by atoms with Crippen LogP contribution in [0.15, 0.2) is 64.4 Å². The molecule has 3 fully saturated rings. The van der Waals surface area contributed by atoms with Crippen molar-refractivity contribution in [2.24, 2.45) is 11.8 Å². The van der Waals surface area contributed by atoms with Gasteiger partial charge in [-0.1, -0.05) is 75.6 Å². The third kappa shape index (κ3) is 10.8. The molecule has 2 aromatic carbocycles. The molecule has 0 unspecified atom stereocenters. The predicted octanol–water partition coefficient (Wildman–Crippen LogP) is 7.81. The SMILES string of the molecule is Cc1nn(C2CCCCC2)c(C)c1S(=O)(=O)N1CCC(CN(CC(C)C)S(=O)(=O)c2ccc(CNCC3CCN(C(=O)OC(C)(C)C)CC3)cc2)(c2ccccc2)CC1. The standard InChI is InChI=1S/C45H68N6O6S2/c1-34(2)32-50(58(53,54)41-20-18-37(19-21-41)30-46-31-38-22-26-48(27-23-38)43(52)57-44(5,6)7)33-45(39-14-10-8-11-15-39)24-28-49(29-25-45)59(55,56)42-35(3)47-51(36(42)4)40-16-12-9-13-17-40/h8,10-11,14-15,18-21,34,38,40,46H,9,12-13,16-17,22-33H2,1-7H3. The molecule has 2 aliphatic heterocycles. The van der Waals surface area contributed by atoms with Crippen LogP contribution in [0.5, 0.6) is 0 Å². The molecule has 0 atom stereocenters. The lowest BCUT2D eigenvalue weighted by atomic mass is 9.73. The van der Waals surface area contributed by atoms with Gasteiger partial charge in [-0.2, -0.15) is 13.7 Å². The number of carbonyl (C=O) groups is 1. The molecule has 12 nitrogen and oxygen atoms in total. The minimum Gasteiger partial charge on any atom is -0.444 e. The Hall–Kier alpha value is -3.30. The van der Waals surface area contributed by atoms with Crippen molar-refractivity contribution >= 4 is 26.1 Å². The Labute approximate surface area is 354 Å². The Morgan fingerprint density at radius 2 is 1.53 bits per heavy atom. The van der Waals surface area contributed by atoms with Gasteiger partial charge in [-0.25, -0.2) is 21.6 Å². The van der Waals surface area contributed by atoms with E-state index in [9.17, 15) is 21.6 Å². The van der Waals surface area contributed by atoms with E-state index < -0.39 is 31.1 Å². The molecule has 1 N–H and O–H groups in total. The number of sulfonamides is 2. The van der Waals surface area contributed by atoms with Crippen LogP contribution in [0.3, 0.4) is 0 Å². The summed E-state index contributed by atoms with van der Waals surface area (Å²) in [6.45, 7) is 17.3. The highest BCUT2D eigenvalue weighted by Crippen LogP contribution is 2.41. The molecule has 1 amide bonds. The number of carbonyl (C=O) groups excluding carboxylic acids is 1. The molecule has 1 aromatic heterocycles. The van der Waals surface area contributed by atoms with E-state index in [0.717, 1.165) is 56.2 Å². The monoisotopic (exact) mass is 852 g/mol. The van der Waals surface area contributed by atoms with Gasteiger partial charge < -0.3 is 15.0 Å². The number of nitrogens with zero attached hydrogens (tertiary/aromatic N) is 5. The number of ether oxygens (including phenoxy) is 1. The number of rotatable bonds is 14. The highest BCUT2D eigenvalue weighted by atomic mass is 32.2. The number of piperidine rings is 2. The van der Waals surface area contributed by atoms with Crippen molar-refractivity contribution in [1.29, 1.82) is 0 Å². The van der Waals surface area contributed by atoms with Crippen molar-refractivity contribution in [3.8, 4) is 0 Å². The molecule has 59 heavy (non-hydrogen) atoms. The van der Waals surface area contributed by atoms with Crippen LogP contribution in [-0.4, -0.2) is 97.6 Å². The second-order valence-electron chi connectivity index (χ2n) is 18.7. The van der Waals surface area contributed by atoms with Crippen LogP contribution in [-0.2, 0) is 36.7 Å². The summed E-state index contributed by atoms with van der Waals surface area (Å²) in [5.41, 5.74) is 2.18. The first kappa shape index (κ1) is 45.2. The number of hydrogen-bond acceptors (Lipinski definition) is 8. The number of likely N-dealkylation sites (tertiary alicyclic amines) is 1. The zero-order valence-electron chi connectivity index (χ0n) is 36.5. The third-order valence-electron chi connectivity index (χ3n) is 12.5. The van der Waals surface area contributed by atoms with Crippen LogP contribution >= 0.6 is 0 Å². The summed E-state index contributed by atoms with van der Waals surface area (Å²) in [5, 5.41) is 8.31. The second kappa shape index (κ2) is 18.8. The first-order valence-corrected chi connectivity index (χ1v) is 24.7. The van der Waals surface area contributed by atoms with Crippen LogP contribution in [0.4, 0.5) is 4.79 Å². The Kier molecular flexibility index (Phi) is 14.4. The van der Waals surface area contributed by atoms with Crippen molar-refractivity contribution in [2.75, 3.05) is 45.8 Å². The number of benzene rings is 2. The van der Waals surface area contributed by atoms with Gasteiger partial charge in [-0.3, -0.25) is 4.68 Å². The molecule has 0 spiro atoms. The van der Waals surface area contributed by atoms with E-state index in [2.05, 4.69) is 17.4 Å². The largest absolute Gasteiger partial charge is 0.444 e. The van der Waals surface area contributed by atoms with E-state index >= 15 is 0 Å². The molecule has 1 aliphatic carbocycles. The smallest absolute Gasteiger partial charge is 0.410 e. The maximum absolute atomic E-state index is 14.6. The molecule has 3 aliphatic rings. The van der Waals surface area contributed by atoms with Gasteiger partial charge in [0.1, 0.15) is 10.5 Å². The van der Waals surface area contributed by atoms with E-state index in [1.165, 1.54) is 6.42 Å². The molecule has 0 radical (unpaired) electrons. The average Bonchev–Trinajstić information content (AvgIpc) is 3.51. The molecule has 3 aromatic rings. The molecule has 2 saturated heterocycles. The van der Waals surface area contributed by atoms with Crippen LogP contribution in [0.1, 0.15) is 121 Å². The van der Waals surface area contributed by atoms with Gasteiger partial charge in [0, 0.05) is 51.2 Å². The number of hydrogen-bond donors (Lipinski definition) is 1. The quantitative estimate of drug-likeness (QED) is 0.174. The van der Waals surface area contributed by atoms with Gasteiger partial charge >= 0.3 is 6.09 Å². The summed E-state index contributed by atoms with van der Waals surface area (Å²) in [5.74, 6) is 0.518. The van der Waals surface area contributed by atoms with Crippen LogP contribution < -0.4 is 5.32 Å². The summed E-state index contributed by atoms with van der Waals surface area (Å²) in [7, 11) is -7.72. The van der Waals surface area contributed by atoms with E-state index in [0.29, 0.717) is 61.2 Å². The normalized spacial score (nSPS) is 19.1. The zero-order chi connectivity index (χ0) is 42.6. The number of nitrogens with one attached hydrogen (secondary N) is 1.